The van der Waals surface area contributed by atoms with E-state index in [1.54, 1.807) is 6.07 Å². The van der Waals surface area contributed by atoms with Crippen LogP contribution in [0.25, 0.3) is 0 Å². The molecule has 2 rings (SSSR count). The van der Waals surface area contributed by atoms with Gasteiger partial charge in [-0.25, -0.2) is 4.39 Å². The lowest BCUT2D eigenvalue weighted by Gasteiger charge is -2.20. The molecule has 1 aromatic carbocycles. The van der Waals surface area contributed by atoms with Crippen LogP contribution in [-0.4, -0.2) is 11.5 Å². The first-order valence-electron chi connectivity index (χ1n) is 7.12. The molecule has 0 radical (unpaired) electrons. The van der Waals surface area contributed by atoms with E-state index in [-0.39, 0.29) is 11.9 Å². The Hall–Kier alpha value is -1.26. The monoisotopic (exact) mass is 350 g/mol. The SMILES string of the molecule is CCNC(Cc1cccc(F)c1Br)c1cc(C)nc(C)c1. The number of likely N-dealkylation sites (N-methyl/N-ethyl adjacent to an activating group) is 1. The molecule has 0 aliphatic rings. The number of aryl methyl sites for hydroxylation is 2. The lowest BCUT2D eigenvalue weighted by atomic mass is 9.98. The van der Waals surface area contributed by atoms with Crippen LogP contribution in [0.5, 0.6) is 0 Å². The first-order valence-corrected chi connectivity index (χ1v) is 7.92. The van der Waals surface area contributed by atoms with Gasteiger partial charge in [-0.1, -0.05) is 19.1 Å². The van der Waals surface area contributed by atoms with Crippen molar-refractivity contribution in [3.8, 4) is 0 Å². The summed E-state index contributed by atoms with van der Waals surface area (Å²) in [4.78, 5) is 4.42. The molecule has 1 unspecified atom stereocenters. The van der Waals surface area contributed by atoms with Gasteiger partial charge in [0, 0.05) is 17.4 Å². The van der Waals surface area contributed by atoms with E-state index in [1.807, 2.05) is 19.9 Å². The Labute approximate surface area is 133 Å². The van der Waals surface area contributed by atoms with Crippen molar-refractivity contribution in [3.05, 3.63) is 63.1 Å². The smallest absolute Gasteiger partial charge is 0.137 e. The van der Waals surface area contributed by atoms with Gasteiger partial charge in [0.25, 0.3) is 0 Å². The Balaban J connectivity index is 2.32. The second kappa shape index (κ2) is 7.14. The van der Waals surface area contributed by atoms with E-state index >= 15 is 0 Å². The molecule has 0 aliphatic carbocycles. The molecule has 2 aromatic rings. The summed E-state index contributed by atoms with van der Waals surface area (Å²) in [5.74, 6) is -0.218. The summed E-state index contributed by atoms with van der Waals surface area (Å²) in [7, 11) is 0. The number of pyridine rings is 1. The number of benzene rings is 1. The van der Waals surface area contributed by atoms with Gasteiger partial charge in [-0.3, -0.25) is 4.98 Å². The highest BCUT2D eigenvalue weighted by molar-refractivity contribution is 9.10. The summed E-state index contributed by atoms with van der Waals surface area (Å²) in [6, 6.07) is 9.51. The molecular weight excluding hydrogens is 331 g/mol. The van der Waals surface area contributed by atoms with E-state index in [0.29, 0.717) is 4.47 Å². The van der Waals surface area contributed by atoms with Gasteiger partial charge in [-0.05, 0) is 72.1 Å². The Morgan fingerprint density at radius 3 is 2.52 bits per heavy atom. The number of hydrogen-bond donors (Lipinski definition) is 1. The summed E-state index contributed by atoms with van der Waals surface area (Å²) in [5.41, 5.74) is 4.17. The minimum Gasteiger partial charge on any atom is -0.310 e. The van der Waals surface area contributed by atoms with Crippen molar-refractivity contribution >= 4 is 15.9 Å². The van der Waals surface area contributed by atoms with E-state index in [0.717, 1.165) is 29.9 Å². The standard InChI is InChI=1S/C17H20BrFN2/c1-4-20-16(14-8-11(2)21-12(3)9-14)10-13-6-5-7-15(19)17(13)18/h5-9,16,20H,4,10H2,1-3H3. The van der Waals surface area contributed by atoms with E-state index in [1.165, 1.54) is 11.6 Å². The molecule has 0 spiro atoms. The summed E-state index contributed by atoms with van der Waals surface area (Å²) in [5, 5.41) is 3.48. The quantitative estimate of drug-likeness (QED) is 0.858. The maximum atomic E-state index is 13.7. The van der Waals surface area contributed by atoms with Crippen molar-refractivity contribution in [2.24, 2.45) is 0 Å². The number of halogens is 2. The Morgan fingerprint density at radius 1 is 1.24 bits per heavy atom. The second-order valence-corrected chi connectivity index (χ2v) is 6.00. The van der Waals surface area contributed by atoms with Gasteiger partial charge in [0.05, 0.1) is 4.47 Å². The third-order valence-corrected chi connectivity index (χ3v) is 4.30. The fraction of sp³-hybridized carbons (Fsp3) is 0.353. The molecule has 112 valence electrons. The van der Waals surface area contributed by atoms with E-state index < -0.39 is 0 Å². The highest BCUT2D eigenvalue weighted by atomic mass is 79.9. The molecule has 21 heavy (non-hydrogen) atoms. The van der Waals surface area contributed by atoms with E-state index in [9.17, 15) is 4.39 Å². The Kier molecular flexibility index (Phi) is 5.48. The molecule has 1 atom stereocenters. The van der Waals surface area contributed by atoms with Crippen LogP contribution >= 0.6 is 15.9 Å². The maximum absolute atomic E-state index is 13.7. The normalized spacial score (nSPS) is 12.4. The predicted molar refractivity (Wildman–Crippen MR) is 87.9 cm³/mol. The zero-order valence-corrected chi connectivity index (χ0v) is 14.2. The minimum atomic E-state index is -0.218. The lowest BCUT2D eigenvalue weighted by molar-refractivity contribution is 0.543. The molecule has 4 heteroatoms. The fourth-order valence-electron chi connectivity index (χ4n) is 2.55. The van der Waals surface area contributed by atoms with E-state index in [4.69, 9.17) is 0 Å². The predicted octanol–water partition coefficient (Wildman–Crippen LogP) is 4.49. The second-order valence-electron chi connectivity index (χ2n) is 5.21. The molecule has 0 fully saturated rings. The van der Waals surface area contributed by atoms with Gasteiger partial charge in [-0.2, -0.15) is 0 Å². The molecule has 2 nitrogen and oxygen atoms in total. The number of aromatic nitrogens is 1. The zero-order chi connectivity index (χ0) is 15.4. The van der Waals surface area contributed by atoms with Crippen molar-refractivity contribution in [3.63, 3.8) is 0 Å². The van der Waals surface area contributed by atoms with E-state index in [2.05, 4.69) is 45.3 Å². The van der Waals surface area contributed by atoms with Crippen LogP contribution in [0.4, 0.5) is 4.39 Å². The van der Waals surface area contributed by atoms with Crippen LogP contribution in [0.3, 0.4) is 0 Å². The zero-order valence-electron chi connectivity index (χ0n) is 12.6. The molecule has 0 amide bonds. The van der Waals surface area contributed by atoms with Crippen molar-refractivity contribution in [1.29, 1.82) is 0 Å². The molecule has 0 bridgehead atoms. The van der Waals surface area contributed by atoms with Gasteiger partial charge in [0.2, 0.25) is 0 Å². The number of rotatable bonds is 5. The molecule has 0 saturated heterocycles. The third-order valence-electron chi connectivity index (χ3n) is 3.41. The topological polar surface area (TPSA) is 24.9 Å². The minimum absolute atomic E-state index is 0.147. The van der Waals surface area contributed by atoms with Crippen LogP contribution in [0, 0.1) is 19.7 Å². The van der Waals surface area contributed by atoms with Crippen molar-refractivity contribution < 1.29 is 4.39 Å². The Bertz CT molecular complexity index is 608. The summed E-state index contributed by atoms with van der Waals surface area (Å²) in [6.07, 6.45) is 0.731. The van der Waals surface area contributed by atoms with Crippen LogP contribution in [0.1, 0.15) is 35.5 Å². The number of hydrogen-bond acceptors (Lipinski definition) is 2. The van der Waals surface area contributed by atoms with Crippen molar-refractivity contribution in [1.82, 2.24) is 10.3 Å². The van der Waals surface area contributed by atoms with Crippen LogP contribution < -0.4 is 5.32 Å². The summed E-state index contributed by atoms with van der Waals surface area (Å²) < 4.78 is 14.2. The Morgan fingerprint density at radius 2 is 1.90 bits per heavy atom. The molecule has 1 N–H and O–H groups in total. The fourth-order valence-corrected chi connectivity index (χ4v) is 2.97. The number of nitrogens with zero attached hydrogens (tertiary/aromatic N) is 1. The van der Waals surface area contributed by atoms with Crippen LogP contribution in [-0.2, 0) is 6.42 Å². The molecule has 0 aliphatic heterocycles. The van der Waals surface area contributed by atoms with Crippen LogP contribution in [0.15, 0.2) is 34.8 Å². The molecule has 1 aromatic heterocycles. The van der Waals surface area contributed by atoms with Gasteiger partial charge < -0.3 is 5.32 Å². The first-order chi connectivity index (χ1) is 10.0. The van der Waals surface area contributed by atoms with Gasteiger partial charge in [0.15, 0.2) is 0 Å². The largest absolute Gasteiger partial charge is 0.310 e. The number of nitrogens with one attached hydrogen (secondary N) is 1. The van der Waals surface area contributed by atoms with Crippen molar-refractivity contribution in [2.45, 2.75) is 33.2 Å². The molecule has 0 saturated carbocycles. The summed E-state index contributed by atoms with van der Waals surface area (Å²) >= 11 is 3.35. The lowest BCUT2D eigenvalue weighted by Crippen LogP contribution is -2.23. The van der Waals surface area contributed by atoms with Crippen molar-refractivity contribution in [2.75, 3.05) is 6.54 Å². The molecule has 1 heterocycles. The average Bonchev–Trinajstić information content (AvgIpc) is 2.42. The first kappa shape index (κ1) is 16.1. The average molecular weight is 351 g/mol. The summed E-state index contributed by atoms with van der Waals surface area (Å²) in [6.45, 7) is 6.93. The highest BCUT2D eigenvalue weighted by Gasteiger charge is 2.15. The highest BCUT2D eigenvalue weighted by Crippen LogP contribution is 2.26. The van der Waals surface area contributed by atoms with Gasteiger partial charge >= 0.3 is 0 Å². The maximum Gasteiger partial charge on any atom is 0.137 e. The van der Waals surface area contributed by atoms with Gasteiger partial charge in [0.1, 0.15) is 5.82 Å². The van der Waals surface area contributed by atoms with Gasteiger partial charge in [-0.15, -0.1) is 0 Å². The third kappa shape index (κ3) is 4.11. The molecular formula is C17H20BrFN2. The van der Waals surface area contributed by atoms with Crippen LogP contribution in [0.2, 0.25) is 0 Å².